The maximum atomic E-state index is 11.7. The summed E-state index contributed by atoms with van der Waals surface area (Å²) in [5.41, 5.74) is -0.361. The van der Waals surface area contributed by atoms with Crippen LogP contribution in [-0.2, 0) is 14.8 Å². The molecule has 5 nitrogen and oxygen atoms in total. The summed E-state index contributed by atoms with van der Waals surface area (Å²) in [6, 6.07) is 0. The Morgan fingerprint density at radius 2 is 2.00 bits per heavy atom. The third-order valence-electron chi connectivity index (χ3n) is 3.49. The average molecular weight is 299 g/mol. The van der Waals surface area contributed by atoms with Crippen molar-refractivity contribution in [2.75, 3.05) is 45.4 Å². The fraction of sp³-hybridized carbons (Fsp3) is 1.00. The van der Waals surface area contributed by atoms with Crippen LogP contribution in [0.15, 0.2) is 0 Å². The lowest BCUT2D eigenvalue weighted by Crippen LogP contribution is -2.51. The van der Waals surface area contributed by atoms with Gasteiger partial charge in [0.15, 0.2) is 0 Å². The number of piperidine rings is 1. The number of ether oxygens (including phenoxy) is 1. The van der Waals surface area contributed by atoms with Gasteiger partial charge in [0.2, 0.25) is 10.0 Å². The normalized spacial score (nSPS) is 21.1. The van der Waals surface area contributed by atoms with Gasteiger partial charge in [-0.25, -0.2) is 13.1 Å². The van der Waals surface area contributed by atoms with Crippen LogP contribution in [0.2, 0.25) is 0 Å². The number of rotatable bonds is 7. The van der Waals surface area contributed by atoms with Crippen molar-refractivity contribution in [1.82, 2.24) is 9.62 Å². The van der Waals surface area contributed by atoms with Crippen molar-refractivity contribution >= 4 is 21.6 Å². The van der Waals surface area contributed by atoms with Gasteiger partial charge in [-0.1, -0.05) is 0 Å². The van der Waals surface area contributed by atoms with Gasteiger partial charge in [0.05, 0.1) is 11.4 Å². The zero-order chi connectivity index (χ0) is 13.6. The molecule has 0 spiro atoms. The molecule has 1 rings (SSSR count). The summed E-state index contributed by atoms with van der Waals surface area (Å²) in [6.07, 6.45) is 2.16. The van der Waals surface area contributed by atoms with Crippen molar-refractivity contribution in [2.24, 2.45) is 0 Å². The van der Waals surface area contributed by atoms with Crippen LogP contribution in [0.25, 0.3) is 0 Å². The first-order valence-corrected chi connectivity index (χ1v) is 8.39. The van der Waals surface area contributed by atoms with E-state index in [1.165, 1.54) is 0 Å². The van der Waals surface area contributed by atoms with E-state index in [2.05, 4.69) is 16.7 Å². The van der Waals surface area contributed by atoms with Crippen LogP contribution < -0.4 is 4.72 Å². The second kappa shape index (κ2) is 7.05. The third-order valence-corrected chi connectivity index (χ3v) is 5.17. The van der Waals surface area contributed by atoms with Crippen molar-refractivity contribution in [3.63, 3.8) is 0 Å². The topological polar surface area (TPSA) is 58.6 Å². The maximum absolute atomic E-state index is 11.7. The van der Waals surface area contributed by atoms with Gasteiger partial charge in [-0.15, -0.1) is 11.6 Å². The summed E-state index contributed by atoms with van der Waals surface area (Å²) in [5, 5.41) is 0. The summed E-state index contributed by atoms with van der Waals surface area (Å²) < 4.78 is 31.6. The summed E-state index contributed by atoms with van der Waals surface area (Å²) >= 11 is 5.50. The number of methoxy groups -OCH3 is 1. The molecule has 108 valence electrons. The first-order chi connectivity index (χ1) is 8.43. The summed E-state index contributed by atoms with van der Waals surface area (Å²) in [7, 11) is 0.478. The predicted molar refractivity (Wildman–Crippen MR) is 73.6 cm³/mol. The Kier molecular flexibility index (Phi) is 6.34. The van der Waals surface area contributed by atoms with Gasteiger partial charge < -0.3 is 9.64 Å². The molecule has 1 fully saturated rings. The van der Waals surface area contributed by atoms with Crippen LogP contribution in [-0.4, -0.2) is 64.3 Å². The van der Waals surface area contributed by atoms with Gasteiger partial charge in [-0.05, 0) is 26.3 Å². The lowest BCUT2D eigenvalue weighted by molar-refractivity contribution is -0.0481. The SMILES string of the molecule is COC1(CNS(=O)(=O)CCCCl)CCN(C)CC1. The van der Waals surface area contributed by atoms with Crippen LogP contribution >= 0.6 is 11.6 Å². The highest BCUT2D eigenvalue weighted by Crippen LogP contribution is 2.24. The molecule has 7 heteroatoms. The van der Waals surface area contributed by atoms with Gasteiger partial charge in [0, 0.05) is 32.6 Å². The van der Waals surface area contributed by atoms with Crippen LogP contribution in [0.1, 0.15) is 19.3 Å². The molecule has 18 heavy (non-hydrogen) atoms. The molecule has 0 aromatic rings. The predicted octanol–water partition coefficient (Wildman–Crippen LogP) is 0.646. The number of nitrogens with zero attached hydrogens (tertiary/aromatic N) is 1. The largest absolute Gasteiger partial charge is 0.377 e. The highest BCUT2D eigenvalue weighted by Gasteiger charge is 2.34. The highest BCUT2D eigenvalue weighted by atomic mass is 35.5. The molecule has 0 aromatic heterocycles. The Labute approximate surface area is 115 Å². The molecule has 0 bridgehead atoms. The van der Waals surface area contributed by atoms with E-state index in [4.69, 9.17) is 16.3 Å². The minimum absolute atomic E-state index is 0.0796. The van der Waals surface area contributed by atoms with Crippen molar-refractivity contribution in [3.05, 3.63) is 0 Å². The Balaban J connectivity index is 2.49. The lowest BCUT2D eigenvalue weighted by atomic mass is 9.91. The minimum atomic E-state index is -3.23. The van der Waals surface area contributed by atoms with Crippen molar-refractivity contribution in [3.8, 4) is 0 Å². The van der Waals surface area contributed by atoms with Gasteiger partial charge >= 0.3 is 0 Å². The monoisotopic (exact) mass is 298 g/mol. The van der Waals surface area contributed by atoms with Gasteiger partial charge in [0.1, 0.15) is 0 Å². The first-order valence-electron chi connectivity index (χ1n) is 6.20. The molecular formula is C11H23ClN2O3S. The van der Waals surface area contributed by atoms with Crippen LogP contribution in [0.3, 0.4) is 0 Å². The summed E-state index contributed by atoms with van der Waals surface area (Å²) in [6.45, 7) is 2.20. The van der Waals surface area contributed by atoms with Crippen LogP contribution in [0, 0.1) is 0 Å². The zero-order valence-corrected chi connectivity index (χ0v) is 12.7. The Morgan fingerprint density at radius 1 is 1.39 bits per heavy atom. The fourth-order valence-corrected chi connectivity index (χ4v) is 3.48. The molecule has 0 aromatic carbocycles. The fourth-order valence-electron chi connectivity index (χ4n) is 2.04. The second-order valence-corrected chi connectivity index (χ2v) is 7.18. The lowest BCUT2D eigenvalue weighted by Gasteiger charge is -2.39. The zero-order valence-electron chi connectivity index (χ0n) is 11.1. The van der Waals surface area contributed by atoms with E-state index in [1.54, 1.807) is 7.11 Å². The Bertz CT molecular complexity index is 340. The molecule has 0 unspecified atom stereocenters. The van der Waals surface area contributed by atoms with E-state index in [1.807, 2.05) is 0 Å². The quantitative estimate of drug-likeness (QED) is 0.701. The average Bonchev–Trinajstić information content (AvgIpc) is 2.37. The first kappa shape index (κ1) is 16.2. The van der Waals surface area contributed by atoms with Crippen molar-refractivity contribution in [2.45, 2.75) is 24.9 Å². The standard InChI is InChI=1S/C11H23ClN2O3S/c1-14-7-4-11(17-2,5-8-14)10-13-18(15,16)9-3-6-12/h13H,3-10H2,1-2H3. The van der Waals surface area contributed by atoms with E-state index in [-0.39, 0.29) is 11.4 Å². The molecule has 0 radical (unpaired) electrons. The van der Waals surface area contributed by atoms with E-state index < -0.39 is 10.0 Å². The molecule has 1 N–H and O–H groups in total. The van der Waals surface area contributed by atoms with E-state index >= 15 is 0 Å². The molecule has 0 aliphatic carbocycles. The van der Waals surface area contributed by atoms with Gasteiger partial charge in [0.25, 0.3) is 0 Å². The number of alkyl halides is 1. The molecule has 1 heterocycles. The number of hydrogen-bond acceptors (Lipinski definition) is 4. The molecule has 0 amide bonds. The van der Waals surface area contributed by atoms with E-state index in [0.29, 0.717) is 18.8 Å². The number of likely N-dealkylation sites (tertiary alicyclic amines) is 1. The number of nitrogens with one attached hydrogen (secondary N) is 1. The minimum Gasteiger partial charge on any atom is -0.377 e. The van der Waals surface area contributed by atoms with Gasteiger partial charge in [-0.2, -0.15) is 0 Å². The number of hydrogen-bond donors (Lipinski definition) is 1. The second-order valence-electron chi connectivity index (χ2n) is 4.87. The molecule has 0 saturated carbocycles. The summed E-state index contributed by atoms with van der Waals surface area (Å²) in [4.78, 5) is 2.22. The maximum Gasteiger partial charge on any atom is 0.211 e. The molecular weight excluding hydrogens is 276 g/mol. The summed E-state index contributed by atoms with van der Waals surface area (Å²) in [5.74, 6) is 0.442. The van der Waals surface area contributed by atoms with Crippen LogP contribution in [0.4, 0.5) is 0 Å². The van der Waals surface area contributed by atoms with Gasteiger partial charge in [-0.3, -0.25) is 0 Å². The van der Waals surface area contributed by atoms with Crippen LogP contribution in [0.5, 0.6) is 0 Å². The van der Waals surface area contributed by atoms with E-state index in [0.717, 1.165) is 25.9 Å². The molecule has 1 saturated heterocycles. The molecule has 0 atom stereocenters. The third kappa shape index (κ3) is 5.01. The Morgan fingerprint density at radius 3 is 2.50 bits per heavy atom. The smallest absolute Gasteiger partial charge is 0.211 e. The number of halogens is 1. The van der Waals surface area contributed by atoms with Crippen molar-refractivity contribution in [1.29, 1.82) is 0 Å². The number of sulfonamides is 1. The molecule has 1 aliphatic rings. The highest BCUT2D eigenvalue weighted by molar-refractivity contribution is 7.89. The van der Waals surface area contributed by atoms with E-state index in [9.17, 15) is 8.42 Å². The molecule has 1 aliphatic heterocycles. The Hall–Kier alpha value is 0.120. The van der Waals surface area contributed by atoms with Crippen molar-refractivity contribution < 1.29 is 13.2 Å².